The van der Waals surface area contributed by atoms with Gasteiger partial charge < -0.3 is 9.64 Å². The van der Waals surface area contributed by atoms with Crippen LogP contribution in [0.2, 0.25) is 0 Å². The molecular formula is C27H30N4O2. The Morgan fingerprint density at radius 1 is 1.00 bits per heavy atom. The second kappa shape index (κ2) is 9.79. The standard InChI is InChI=1S/C27H30N4O2/c1-19-3-2-4-23(17-19)24-18-29-26(21-5-11-28-12-6-21)30-25(24)20-7-13-31(14-8-20)27(32)22-9-15-33-16-10-22/h2-6,11-12,17-18,20,22H,7-10,13-16H2,1H3. The number of rotatable bonds is 4. The van der Waals surface area contributed by atoms with Crippen molar-refractivity contribution in [1.29, 1.82) is 0 Å². The van der Waals surface area contributed by atoms with Crippen LogP contribution in [0.3, 0.4) is 0 Å². The molecule has 0 N–H and O–H groups in total. The van der Waals surface area contributed by atoms with Gasteiger partial charge in [-0.25, -0.2) is 9.97 Å². The molecule has 170 valence electrons. The molecule has 2 aromatic heterocycles. The smallest absolute Gasteiger partial charge is 0.225 e. The number of amides is 1. The largest absolute Gasteiger partial charge is 0.381 e. The normalized spacial score (nSPS) is 17.8. The highest BCUT2D eigenvalue weighted by molar-refractivity contribution is 5.79. The van der Waals surface area contributed by atoms with Crippen molar-refractivity contribution in [3.05, 3.63) is 66.2 Å². The number of ether oxygens (including phenoxy) is 1. The van der Waals surface area contributed by atoms with E-state index >= 15 is 0 Å². The Balaban J connectivity index is 1.41. The van der Waals surface area contributed by atoms with Crippen LogP contribution in [0.25, 0.3) is 22.5 Å². The number of aryl methyl sites for hydroxylation is 1. The maximum absolute atomic E-state index is 13.0. The molecule has 2 aliphatic heterocycles. The number of carbonyl (C=O) groups excluding carboxylic acids is 1. The lowest BCUT2D eigenvalue weighted by molar-refractivity contribution is -0.139. The lowest BCUT2D eigenvalue weighted by Gasteiger charge is -2.35. The zero-order valence-corrected chi connectivity index (χ0v) is 19.1. The third-order valence-corrected chi connectivity index (χ3v) is 6.85. The average Bonchev–Trinajstić information content (AvgIpc) is 2.89. The molecule has 6 heteroatoms. The Kier molecular flexibility index (Phi) is 6.44. The van der Waals surface area contributed by atoms with E-state index in [0.29, 0.717) is 25.0 Å². The van der Waals surface area contributed by atoms with Gasteiger partial charge in [0.05, 0.1) is 5.69 Å². The lowest BCUT2D eigenvalue weighted by atomic mass is 9.87. The lowest BCUT2D eigenvalue weighted by Crippen LogP contribution is -2.43. The van der Waals surface area contributed by atoms with Crippen molar-refractivity contribution in [2.45, 2.75) is 38.5 Å². The fraction of sp³-hybridized carbons (Fsp3) is 0.407. The van der Waals surface area contributed by atoms with Crippen LogP contribution in [0.4, 0.5) is 0 Å². The minimum absolute atomic E-state index is 0.121. The molecular weight excluding hydrogens is 412 g/mol. The van der Waals surface area contributed by atoms with Crippen LogP contribution in [0.1, 0.15) is 42.9 Å². The summed E-state index contributed by atoms with van der Waals surface area (Å²) in [5.74, 6) is 1.44. The van der Waals surface area contributed by atoms with Gasteiger partial charge in [0.25, 0.3) is 0 Å². The van der Waals surface area contributed by atoms with Crippen LogP contribution in [0, 0.1) is 12.8 Å². The van der Waals surface area contributed by atoms with Crippen LogP contribution in [-0.2, 0) is 9.53 Å². The van der Waals surface area contributed by atoms with E-state index in [0.717, 1.165) is 67.0 Å². The van der Waals surface area contributed by atoms with Crippen molar-refractivity contribution in [3.8, 4) is 22.5 Å². The number of piperidine rings is 1. The highest BCUT2D eigenvalue weighted by Crippen LogP contribution is 2.36. The number of likely N-dealkylation sites (tertiary alicyclic amines) is 1. The second-order valence-corrected chi connectivity index (χ2v) is 9.08. The topological polar surface area (TPSA) is 68.2 Å². The Morgan fingerprint density at radius 3 is 2.48 bits per heavy atom. The molecule has 0 atom stereocenters. The number of aromatic nitrogens is 3. The molecule has 6 nitrogen and oxygen atoms in total. The summed E-state index contributed by atoms with van der Waals surface area (Å²) in [7, 11) is 0. The van der Waals surface area contributed by atoms with E-state index in [4.69, 9.17) is 14.7 Å². The Morgan fingerprint density at radius 2 is 1.76 bits per heavy atom. The van der Waals surface area contributed by atoms with E-state index in [1.807, 2.05) is 18.3 Å². The predicted octanol–water partition coefficient (Wildman–Crippen LogP) is 4.65. The highest BCUT2D eigenvalue weighted by atomic mass is 16.5. The van der Waals surface area contributed by atoms with Crippen LogP contribution in [-0.4, -0.2) is 52.1 Å². The van der Waals surface area contributed by atoms with Crippen molar-refractivity contribution < 1.29 is 9.53 Å². The number of carbonyl (C=O) groups is 1. The molecule has 0 spiro atoms. The maximum atomic E-state index is 13.0. The summed E-state index contributed by atoms with van der Waals surface area (Å²) < 4.78 is 5.43. The van der Waals surface area contributed by atoms with E-state index in [1.165, 1.54) is 5.56 Å². The summed E-state index contributed by atoms with van der Waals surface area (Å²) in [5.41, 5.74) is 5.50. The first-order chi connectivity index (χ1) is 16.2. The van der Waals surface area contributed by atoms with Gasteiger partial charge in [0, 0.05) is 67.9 Å². The fourth-order valence-electron chi connectivity index (χ4n) is 4.96. The van der Waals surface area contributed by atoms with E-state index in [9.17, 15) is 4.79 Å². The third kappa shape index (κ3) is 4.81. The molecule has 2 aliphatic rings. The van der Waals surface area contributed by atoms with E-state index in [-0.39, 0.29) is 5.92 Å². The Bertz CT molecular complexity index is 1100. The quantitative estimate of drug-likeness (QED) is 0.588. The molecule has 4 heterocycles. The maximum Gasteiger partial charge on any atom is 0.225 e. The zero-order chi connectivity index (χ0) is 22.6. The minimum Gasteiger partial charge on any atom is -0.381 e. The van der Waals surface area contributed by atoms with Crippen molar-refractivity contribution >= 4 is 5.91 Å². The molecule has 2 fully saturated rings. The van der Waals surface area contributed by atoms with Gasteiger partial charge in [-0.3, -0.25) is 9.78 Å². The third-order valence-electron chi connectivity index (χ3n) is 6.85. The van der Waals surface area contributed by atoms with E-state index in [2.05, 4.69) is 41.1 Å². The first-order valence-electron chi connectivity index (χ1n) is 11.9. The number of benzene rings is 1. The summed E-state index contributed by atoms with van der Waals surface area (Å²) in [4.78, 5) is 29.0. The van der Waals surface area contributed by atoms with Gasteiger partial charge in [-0.1, -0.05) is 29.8 Å². The van der Waals surface area contributed by atoms with Crippen molar-refractivity contribution in [2.75, 3.05) is 26.3 Å². The number of pyridine rings is 1. The monoisotopic (exact) mass is 442 g/mol. The molecule has 1 aromatic carbocycles. The molecule has 5 rings (SSSR count). The van der Waals surface area contributed by atoms with Gasteiger partial charge in [-0.15, -0.1) is 0 Å². The van der Waals surface area contributed by atoms with Crippen molar-refractivity contribution in [1.82, 2.24) is 19.9 Å². The molecule has 2 saturated heterocycles. The fourth-order valence-corrected chi connectivity index (χ4v) is 4.96. The van der Waals surface area contributed by atoms with Gasteiger partial charge in [0.15, 0.2) is 5.82 Å². The summed E-state index contributed by atoms with van der Waals surface area (Å²) in [6.07, 6.45) is 9.03. The second-order valence-electron chi connectivity index (χ2n) is 9.08. The first-order valence-corrected chi connectivity index (χ1v) is 11.9. The first kappa shape index (κ1) is 21.7. The Hall–Kier alpha value is -3.12. The number of nitrogens with zero attached hydrogens (tertiary/aromatic N) is 4. The highest BCUT2D eigenvalue weighted by Gasteiger charge is 2.31. The van der Waals surface area contributed by atoms with E-state index < -0.39 is 0 Å². The summed E-state index contributed by atoms with van der Waals surface area (Å²) in [6.45, 7) is 5.07. The molecule has 0 aliphatic carbocycles. The predicted molar refractivity (Wildman–Crippen MR) is 128 cm³/mol. The van der Waals surface area contributed by atoms with Crippen LogP contribution >= 0.6 is 0 Å². The van der Waals surface area contributed by atoms with Gasteiger partial charge >= 0.3 is 0 Å². The molecule has 0 unspecified atom stereocenters. The van der Waals surface area contributed by atoms with Gasteiger partial charge in [-0.2, -0.15) is 0 Å². The number of hydrogen-bond donors (Lipinski definition) is 0. The van der Waals surface area contributed by atoms with Crippen molar-refractivity contribution in [2.24, 2.45) is 5.92 Å². The summed E-state index contributed by atoms with van der Waals surface area (Å²) >= 11 is 0. The van der Waals surface area contributed by atoms with Gasteiger partial charge in [-0.05, 0) is 50.3 Å². The summed E-state index contributed by atoms with van der Waals surface area (Å²) in [5, 5.41) is 0. The van der Waals surface area contributed by atoms with Crippen molar-refractivity contribution in [3.63, 3.8) is 0 Å². The average molecular weight is 443 g/mol. The Labute approximate surface area is 195 Å². The van der Waals surface area contributed by atoms with Gasteiger partial charge in [0.1, 0.15) is 0 Å². The number of hydrogen-bond acceptors (Lipinski definition) is 5. The molecule has 0 bridgehead atoms. The molecule has 1 amide bonds. The molecule has 0 radical (unpaired) electrons. The molecule has 0 saturated carbocycles. The summed E-state index contributed by atoms with van der Waals surface area (Å²) in [6, 6.07) is 12.4. The van der Waals surface area contributed by atoms with Gasteiger partial charge in [0.2, 0.25) is 5.91 Å². The van der Waals surface area contributed by atoms with Crippen LogP contribution < -0.4 is 0 Å². The van der Waals surface area contributed by atoms with E-state index in [1.54, 1.807) is 12.4 Å². The molecule has 33 heavy (non-hydrogen) atoms. The van der Waals surface area contributed by atoms with Crippen LogP contribution in [0.5, 0.6) is 0 Å². The SMILES string of the molecule is Cc1cccc(-c2cnc(-c3ccncc3)nc2C2CCN(C(=O)C3CCOCC3)CC2)c1. The zero-order valence-electron chi connectivity index (χ0n) is 19.1. The minimum atomic E-state index is 0.121. The van der Waals surface area contributed by atoms with Crippen LogP contribution in [0.15, 0.2) is 55.0 Å². The molecule has 3 aromatic rings.